The normalized spacial score (nSPS) is 11.4. The summed E-state index contributed by atoms with van der Waals surface area (Å²) in [6.07, 6.45) is 1.86. The molecular formula is C54H35N3S. The zero-order valence-corrected chi connectivity index (χ0v) is 32.3. The molecule has 0 atom stereocenters. The molecule has 3 aromatic heterocycles. The predicted octanol–water partition coefficient (Wildman–Crippen LogP) is 14.8. The van der Waals surface area contributed by atoms with Crippen LogP contribution < -0.4 is 0 Å². The quantitative estimate of drug-likeness (QED) is 0.162. The molecule has 8 aromatic carbocycles. The molecule has 0 amide bonds. The van der Waals surface area contributed by atoms with Crippen molar-refractivity contribution in [3.63, 3.8) is 0 Å². The number of para-hydroxylation sites is 1. The smallest absolute Gasteiger partial charge is 0.125 e. The van der Waals surface area contributed by atoms with Crippen molar-refractivity contribution < 1.29 is 0 Å². The summed E-state index contributed by atoms with van der Waals surface area (Å²) in [5.41, 5.74) is 17.0. The van der Waals surface area contributed by atoms with Gasteiger partial charge in [-0.1, -0.05) is 146 Å². The summed E-state index contributed by atoms with van der Waals surface area (Å²) in [6.45, 7) is 0. The molecule has 0 saturated carbocycles. The largest absolute Gasteiger partial charge is 0.309 e. The van der Waals surface area contributed by atoms with E-state index < -0.39 is 0 Å². The number of aromatic nitrogens is 3. The minimum Gasteiger partial charge on any atom is -0.309 e. The lowest BCUT2D eigenvalue weighted by molar-refractivity contribution is 1.18. The van der Waals surface area contributed by atoms with Gasteiger partial charge in [-0.2, -0.15) is 0 Å². The molecule has 4 heteroatoms. The average Bonchev–Trinajstić information content (AvgIpc) is 3.88. The number of fused-ring (bicyclic) bond motifs is 4. The van der Waals surface area contributed by atoms with E-state index in [2.05, 4.69) is 199 Å². The van der Waals surface area contributed by atoms with E-state index in [0.717, 1.165) is 55.2 Å². The van der Waals surface area contributed by atoms with E-state index in [-0.39, 0.29) is 0 Å². The third-order valence-corrected chi connectivity index (χ3v) is 12.2. The molecule has 0 N–H and O–H groups in total. The van der Waals surface area contributed by atoms with Crippen molar-refractivity contribution >= 4 is 43.4 Å². The lowest BCUT2D eigenvalue weighted by atomic mass is 9.94. The van der Waals surface area contributed by atoms with Crippen LogP contribution in [0.5, 0.6) is 0 Å². The Bertz CT molecular complexity index is 3210. The maximum Gasteiger partial charge on any atom is 0.125 e. The van der Waals surface area contributed by atoms with Gasteiger partial charge in [-0.05, 0) is 105 Å². The molecule has 272 valence electrons. The van der Waals surface area contributed by atoms with Gasteiger partial charge in [-0.15, -0.1) is 11.3 Å². The Labute approximate surface area is 340 Å². The highest BCUT2D eigenvalue weighted by Crippen LogP contribution is 2.44. The second-order valence-corrected chi connectivity index (χ2v) is 15.7. The Hall–Kier alpha value is -7.40. The fourth-order valence-corrected chi connectivity index (χ4v) is 9.22. The third kappa shape index (κ3) is 6.08. The Kier molecular flexibility index (Phi) is 8.34. The fourth-order valence-electron chi connectivity index (χ4n) is 8.22. The van der Waals surface area contributed by atoms with Crippen LogP contribution in [-0.4, -0.2) is 14.5 Å². The van der Waals surface area contributed by atoms with Crippen LogP contribution in [0.2, 0.25) is 0 Å². The summed E-state index contributed by atoms with van der Waals surface area (Å²) in [5, 5.41) is 3.39. The first-order valence-corrected chi connectivity index (χ1v) is 20.4. The Morgan fingerprint density at radius 2 is 0.966 bits per heavy atom. The van der Waals surface area contributed by atoms with Crippen LogP contribution in [0.15, 0.2) is 212 Å². The maximum atomic E-state index is 5.23. The van der Waals surface area contributed by atoms with E-state index in [4.69, 9.17) is 9.97 Å². The molecule has 0 unspecified atom stereocenters. The molecule has 0 aliphatic heterocycles. The predicted molar refractivity (Wildman–Crippen MR) is 244 cm³/mol. The van der Waals surface area contributed by atoms with Crippen molar-refractivity contribution in [1.29, 1.82) is 0 Å². The van der Waals surface area contributed by atoms with E-state index in [0.29, 0.717) is 0 Å². The highest BCUT2D eigenvalue weighted by atomic mass is 32.1. The number of hydrogen-bond acceptors (Lipinski definition) is 3. The van der Waals surface area contributed by atoms with Crippen molar-refractivity contribution in [1.82, 2.24) is 14.5 Å². The van der Waals surface area contributed by atoms with Crippen LogP contribution in [0.4, 0.5) is 0 Å². The Balaban J connectivity index is 1.15. The topological polar surface area (TPSA) is 30.7 Å². The molecule has 0 aliphatic carbocycles. The summed E-state index contributed by atoms with van der Waals surface area (Å²) in [5.74, 6) is 0. The van der Waals surface area contributed by atoms with Crippen molar-refractivity contribution in [3.8, 4) is 72.0 Å². The molecule has 58 heavy (non-hydrogen) atoms. The molecule has 0 aliphatic rings. The average molecular weight is 758 g/mol. The lowest BCUT2D eigenvalue weighted by Gasteiger charge is -2.13. The van der Waals surface area contributed by atoms with E-state index in [1.54, 1.807) is 11.3 Å². The Morgan fingerprint density at radius 1 is 0.379 bits per heavy atom. The maximum absolute atomic E-state index is 5.23. The van der Waals surface area contributed by atoms with Crippen LogP contribution in [0.3, 0.4) is 0 Å². The van der Waals surface area contributed by atoms with Crippen molar-refractivity contribution in [3.05, 3.63) is 212 Å². The number of thiazole rings is 1. The molecule has 11 aromatic rings. The van der Waals surface area contributed by atoms with Gasteiger partial charge in [0.15, 0.2) is 0 Å². The molecule has 0 saturated heterocycles. The molecule has 0 bridgehead atoms. The molecule has 0 fully saturated rings. The van der Waals surface area contributed by atoms with Crippen LogP contribution in [0.25, 0.3) is 104 Å². The second kappa shape index (κ2) is 14.3. The fraction of sp³-hybridized carbons (Fsp3) is 0. The number of rotatable bonds is 7. The standard InChI is InChI=1S/C54H35N3S/c1-3-12-36(13-4-1)38-21-23-40(24-22-38)42-29-30-51-46(33-42)47-34-45(41-27-25-39(26-28-41)37-14-5-2-6-15-37)48(54-56-50-19-7-8-20-53(50)58-54)35-52(47)57(51)44-17-11-16-43(32-44)49-18-9-10-31-55-49/h1-35H. The number of nitrogens with zero attached hydrogens (tertiary/aromatic N) is 3. The highest BCUT2D eigenvalue weighted by molar-refractivity contribution is 7.21. The van der Waals surface area contributed by atoms with Gasteiger partial charge < -0.3 is 4.57 Å². The van der Waals surface area contributed by atoms with Crippen LogP contribution in [-0.2, 0) is 0 Å². The lowest BCUT2D eigenvalue weighted by Crippen LogP contribution is -1.96. The number of benzene rings is 8. The van der Waals surface area contributed by atoms with Gasteiger partial charge in [0.1, 0.15) is 5.01 Å². The van der Waals surface area contributed by atoms with E-state index >= 15 is 0 Å². The summed E-state index contributed by atoms with van der Waals surface area (Å²) < 4.78 is 3.59. The van der Waals surface area contributed by atoms with Crippen molar-refractivity contribution in [2.75, 3.05) is 0 Å². The first-order chi connectivity index (χ1) is 28.7. The zero-order valence-electron chi connectivity index (χ0n) is 31.5. The van der Waals surface area contributed by atoms with Crippen molar-refractivity contribution in [2.45, 2.75) is 0 Å². The molecule has 0 spiro atoms. The highest BCUT2D eigenvalue weighted by Gasteiger charge is 2.20. The summed E-state index contributed by atoms with van der Waals surface area (Å²) in [7, 11) is 0. The van der Waals surface area contributed by atoms with E-state index in [1.165, 1.54) is 48.9 Å². The minimum atomic E-state index is 0.947. The van der Waals surface area contributed by atoms with Crippen LogP contribution >= 0.6 is 11.3 Å². The third-order valence-electron chi connectivity index (χ3n) is 11.1. The van der Waals surface area contributed by atoms with Gasteiger partial charge in [0.2, 0.25) is 0 Å². The van der Waals surface area contributed by atoms with Gasteiger partial charge in [0.25, 0.3) is 0 Å². The second-order valence-electron chi connectivity index (χ2n) is 14.6. The molecular weight excluding hydrogens is 723 g/mol. The molecule has 0 radical (unpaired) electrons. The molecule has 3 nitrogen and oxygen atoms in total. The first-order valence-electron chi connectivity index (χ1n) is 19.6. The minimum absolute atomic E-state index is 0.947. The van der Waals surface area contributed by atoms with Gasteiger partial charge in [0, 0.05) is 33.8 Å². The van der Waals surface area contributed by atoms with Gasteiger partial charge in [-0.3, -0.25) is 4.98 Å². The van der Waals surface area contributed by atoms with E-state index in [1.807, 2.05) is 18.3 Å². The van der Waals surface area contributed by atoms with Crippen molar-refractivity contribution in [2.24, 2.45) is 0 Å². The SMILES string of the molecule is c1ccc(-c2ccc(-c3ccc4c(c3)c3cc(-c5ccc(-c6ccccc6)cc5)c(-c5nc6ccccc6s5)cc3n4-c3cccc(-c4ccccn4)c3)cc2)cc1. The van der Waals surface area contributed by atoms with E-state index in [9.17, 15) is 0 Å². The molecule has 11 rings (SSSR count). The van der Waals surface area contributed by atoms with Gasteiger partial charge >= 0.3 is 0 Å². The summed E-state index contributed by atoms with van der Waals surface area (Å²) in [6, 6.07) is 74.0. The summed E-state index contributed by atoms with van der Waals surface area (Å²) in [4.78, 5) is 9.93. The zero-order chi connectivity index (χ0) is 38.4. The number of pyridine rings is 1. The Morgan fingerprint density at radius 3 is 1.66 bits per heavy atom. The van der Waals surface area contributed by atoms with Gasteiger partial charge in [0.05, 0.1) is 26.9 Å². The first kappa shape index (κ1) is 33.9. The van der Waals surface area contributed by atoms with Crippen LogP contribution in [0, 0.1) is 0 Å². The van der Waals surface area contributed by atoms with Gasteiger partial charge in [-0.25, -0.2) is 4.98 Å². The summed E-state index contributed by atoms with van der Waals surface area (Å²) >= 11 is 1.75. The molecule has 3 heterocycles. The number of hydrogen-bond donors (Lipinski definition) is 0. The monoisotopic (exact) mass is 757 g/mol. The van der Waals surface area contributed by atoms with Crippen LogP contribution in [0.1, 0.15) is 0 Å².